The number of fused-ring (bicyclic) bond motifs is 1. The Kier molecular flexibility index (Phi) is 5.65. The third-order valence-corrected chi connectivity index (χ3v) is 5.75. The molecule has 138 valence electrons. The van der Waals surface area contributed by atoms with Crippen LogP contribution in [0.15, 0.2) is 42.5 Å². The first-order valence-corrected chi connectivity index (χ1v) is 9.61. The van der Waals surface area contributed by atoms with Crippen molar-refractivity contribution in [3.8, 4) is 0 Å². The Morgan fingerprint density at radius 1 is 1.15 bits per heavy atom. The summed E-state index contributed by atoms with van der Waals surface area (Å²) in [6.07, 6.45) is 3.63. The van der Waals surface area contributed by atoms with E-state index in [2.05, 4.69) is 56.4 Å². The summed E-state index contributed by atoms with van der Waals surface area (Å²) >= 11 is 0. The summed E-state index contributed by atoms with van der Waals surface area (Å²) in [5, 5.41) is 3.82. The van der Waals surface area contributed by atoms with Crippen LogP contribution in [-0.4, -0.2) is 13.1 Å². The summed E-state index contributed by atoms with van der Waals surface area (Å²) in [7, 11) is 1.42. The number of unbranched alkanes of at least 4 members (excludes halogenated alkanes) is 1. The minimum Gasteiger partial charge on any atom is -0.465 e. The number of hydrogen-bond donors (Lipinski definition) is 1. The third kappa shape index (κ3) is 3.48. The predicted octanol–water partition coefficient (Wildman–Crippen LogP) is 5.86. The molecule has 0 spiro atoms. The number of methoxy groups -OCH3 is 1. The number of nitrogens with one attached hydrogen (secondary N) is 1. The maximum atomic E-state index is 11.7. The van der Waals surface area contributed by atoms with Crippen LogP contribution in [0.25, 0.3) is 0 Å². The molecule has 26 heavy (non-hydrogen) atoms. The lowest BCUT2D eigenvalue weighted by Gasteiger charge is -2.40. The number of ether oxygens (including phenoxy) is 1. The molecular weight excluding hydrogens is 322 g/mol. The van der Waals surface area contributed by atoms with Gasteiger partial charge in [-0.15, -0.1) is 0 Å². The Bertz CT molecular complexity index is 766. The van der Waals surface area contributed by atoms with E-state index in [1.54, 1.807) is 0 Å². The van der Waals surface area contributed by atoms with Gasteiger partial charge in [0.05, 0.1) is 18.7 Å². The van der Waals surface area contributed by atoms with Crippen molar-refractivity contribution in [3.63, 3.8) is 0 Å². The van der Waals surface area contributed by atoms with Crippen LogP contribution in [-0.2, 0) is 4.74 Å². The summed E-state index contributed by atoms with van der Waals surface area (Å²) in [4.78, 5) is 11.7. The summed E-state index contributed by atoms with van der Waals surface area (Å²) in [6, 6.07) is 14.7. The van der Waals surface area contributed by atoms with Crippen molar-refractivity contribution in [1.82, 2.24) is 0 Å². The molecule has 0 fully saturated rings. The molecule has 1 N–H and O–H groups in total. The average molecular weight is 351 g/mol. The maximum absolute atomic E-state index is 11.7. The Hall–Kier alpha value is -2.29. The molecule has 0 saturated carbocycles. The Balaban J connectivity index is 1.97. The van der Waals surface area contributed by atoms with Crippen LogP contribution in [0.2, 0.25) is 0 Å². The van der Waals surface area contributed by atoms with Crippen molar-refractivity contribution >= 4 is 11.7 Å². The first-order chi connectivity index (χ1) is 12.6. The number of esters is 1. The number of carbonyl (C=O) groups excluding carboxylic acids is 1. The number of rotatable bonds is 5. The molecular formula is C23H29NO2. The van der Waals surface area contributed by atoms with Gasteiger partial charge in [-0.25, -0.2) is 4.79 Å². The maximum Gasteiger partial charge on any atom is 0.337 e. The minimum atomic E-state index is -0.287. The van der Waals surface area contributed by atoms with Gasteiger partial charge in [-0.3, -0.25) is 0 Å². The number of hydrogen-bond acceptors (Lipinski definition) is 3. The molecule has 0 aromatic heterocycles. The molecule has 0 amide bonds. The van der Waals surface area contributed by atoms with Crippen molar-refractivity contribution in [2.75, 3.05) is 12.4 Å². The quantitative estimate of drug-likeness (QED) is 0.686. The fraction of sp³-hybridized carbons (Fsp3) is 0.435. The zero-order valence-electron chi connectivity index (χ0n) is 16.2. The molecule has 0 radical (unpaired) electrons. The van der Waals surface area contributed by atoms with E-state index in [1.807, 2.05) is 12.1 Å². The predicted molar refractivity (Wildman–Crippen MR) is 107 cm³/mol. The van der Waals surface area contributed by atoms with E-state index in [-0.39, 0.29) is 12.0 Å². The first-order valence-electron chi connectivity index (χ1n) is 9.61. The van der Waals surface area contributed by atoms with Gasteiger partial charge in [-0.1, -0.05) is 57.0 Å². The standard InChI is InChI=1S/C23H29NO2/c1-5-6-9-20-16(3)19-10-7-8-15(2)21(19)24-22(20)17-11-13-18(14-12-17)23(25)26-4/h7-8,10-14,16,20,22,24H,5-6,9H2,1-4H3. The van der Waals surface area contributed by atoms with E-state index < -0.39 is 0 Å². The van der Waals surface area contributed by atoms with E-state index in [1.165, 1.54) is 48.8 Å². The lowest BCUT2D eigenvalue weighted by molar-refractivity contribution is 0.0600. The third-order valence-electron chi connectivity index (χ3n) is 5.75. The smallest absolute Gasteiger partial charge is 0.337 e. The van der Waals surface area contributed by atoms with Crippen LogP contribution in [0, 0.1) is 12.8 Å². The number of anilines is 1. The highest BCUT2D eigenvalue weighted by Crippen LogP contribution is 2.47. The van der Waals surface area contributed by atoms with Crippen molar-refractivity contribution < 1.29 is 9.53 Å². The molecule has 1 heterocycles. The second kappa shape index (κ2) is 7.94. The molecule has 3 unspecified atom stereocenters. The summed E-state index contributed by atoms with van der Waals surface area (Å²) in [5.74, 6) is 0.751. The van der Waals surface area contributed by atoms with Crippen molar-refractivity contribution in [1.29, 1.82) is 0 Å². The van der Waals surface area contributed by atoms with Gasteiger partial charge >= 0.3 is 5.97 Å². The van der Waals surface area contributed by atoms with Crippen molar-refractivity contribution in [2.24, 2.45) is 5.92 Å². The Morgan fingerprint density at radius 3 is 2.54 bits per heavy atom. The SMILES string of the molecule is CCCCC1C(C)c2cccc(C)c2NC1c1ccc(C(=O)OC)cc1. The fourth-order valence-corrected chi connectivity index (χ4v) is 4.18. The normalized spacial score (nSPS) is 21.6. The van der Waals surface area contributed by atoms with Gasteiger partial charge in [-0.05, 0) is 54.0 Å². The van der Waals surface area contributed by atoms with Crippen LogP contribution in [0.4, 0.5) is 5.69 Å². The van der Waals surface area contributed by atoms with E-state index in [4.69, 9.17) is 4.74 Å². The number of benzene rings is 2. The van der Waals surface area contributed by atoms with Crippen LogP contribution in [0.5, 0.6) is 0 Å². The van der Waals surface area contributed by atoms with Gasteiger partial charge < -0.3 is 10.1 Å². The fourth-order valence-electron chi connectivity index (χ4n) is 4.18. The van der Waals surface area contributed by atoms with E-state index in [0.717, 1.165) is 0 Å². The summed E-state index contributed by atoms with van der Waals surface area (Å²) in [6.45, 7) is 6.77. The second-order valence-corrected chi connectivity index (χ2v) is 7.37. The Morgan fingerprint density at radius 2 is 1.88 bits per heavy atom. The van der Waals surface area contributed by atoms with Gasteiger partial charge in [0.15, 0.2) is 0 Å². The Labute approximate surface area is 156 Å². The highest BCUT2D eigenvalue weighted by Gasteiger charge is 2.34. The molecule has 0 bridgehead atoms. The van der Waals surface area contributed by atoms with Gasteiger partial charge in [0.25, 0.3) is 0 Å². The molecule has 2 aromatic carbocycles. The van der Waals surface area contributed by atoms with Gasteiger partial charge in [0.2, 0.25) is 0 Å². The number of aryl methyl sites for hydroxylation is 1. The highest BCUT2D eigenvalue weighted by molar-refractivity contribution is 5.89. The van der Waals surface area contributed by atoms with Gasteiger partial charge in [0, 0.05) is 5.69 Å². The van der Waals surface area contributed by atoms with Crippen molar-refractivity contribution in [2.45, 2.75) is 52.0 Å². The highest BCUT2D eigenvalue weighted by atomic mass is 16.5. The van der Waals surface area contributed by atoms with Crippen LogP contribution < -0.4 is 5.32 Å². The van der Waals surface area contributed by atoms with Gasteiger partial charge in [-0.2, -0.15) is 0 Å². The zero-order chi connectivity index (χ0) is 18.7. The lowest BCUT2D eigenvalue weighted by Crippen LogP contribution is -2.31. The molecule has 3 heteroatoms. The molecule has 1 aliphatic rings. The molecule has 0 aliphatic carbocycles. The first kappa shape index (κ1) is 18.5. The van der Waals surface area contributed by atoms with Crippen LogP contribution in [0.1, 0.15) is 72.1 Å². The molecule has 3 atom stereocenters. The second-order valence-electron chi connectivity index (χ2n) is 7.37. The molecule has 1 aliphatic heterocycles. The number of carbonyl (C=O) groups is 1. The van der Waals surface area contributed by atoms with E-state index >= 15 is 0 Å². The summed E-state index contributed by atoms with van der Waals surface area (Å²) in [5.41, 5.74) is 5.82. The van der Waals surface area contributed by atoms with Crippen LogP contribution in [0.3, 0.4) is 0 Å². The van der Waals surface area contributed by atoms with Gasteiger partial charge in [0.1, 0.15) is 0 Å². The monoisotopic (exact) mass is 351 g/mol. The largest absolute Gasteiger partial charge is 0.465 e. The topological polar surface area (TPSA) is 38.3 Å². The number of para-hydroxylation sites is 1. The lowest BCUT2D eigenvalue weighted by atomic mass is 9.73. The summed E-state index contributed by atoms with van der Waals surface area (Å²) < 4.78 is 4.82. The average Bonchev–Trinajstić information content (AvgIpc) is 2.67. The minimum absolute atomic E-state index is 0.261. The van der Waals surface area contributed by atoms with E-state index in [9.17, 15) is 4.79 Å². The molecule has 3 rings (SSSR count). The molecule has 0 saturated heterocycles. The van der Waals surface area contributed by atoms with Crippen molar-refractivity contribution in [3.05, 3.63) is 64.7 Å². The molecule has 3 nitrogen and oxygen atoms in total. The van der Waals surface area contributed by atoms with Crippen LogP contribution >= 0.6 is 0 Å². The molecule has 2 aromatic rings. The van der Waals surface area contributed by atoms with E-state index in [0.29, 0.717) is 17.4 Å². The zero-order valence-corrected chi connectivity index (χ0v) is 16.2.